The van der Waals surface area contributed by atoms with Crippen LogP contribution in [0.25, 0.3) is 0 Å². The maximum atomic E-state index is 5.66. The van der Waals surface area contributed by atoms with E-state index in [0.717, 1.165) is 0 Å². The molecule has 0 aliphatic carbocycles. The average Bonchev–Trinajstić information content (AvgIpc) is 1.92. The maximum absolute atomic E-state index is 5.66. The van der Waals surface area contributed by atoms with Gasteiger partial charge in [-0.2, -0.15) is 0 Å². The van der Waals surface area contributed by atoms with Gasteiger partial charge in [0.05, 0.1) is 6.61 Å². The molecule has 0 N–H and O–H groups in total. The average molecular weight is 226 g/mol. The predicted octanol–water partition coefficient (Wildman–Crippen LogP) is 3.27. The highest BCUT2D eigenvalue weighted by atomic mass is 28.4. The van der Waals surface area contributed by atoms with Crippen LogP contribution in [0.4, 0.5) is 0 Å². The zero-order chi connectivity index (χ0) is 11.2. The Morgan fingerprint density at radius 1 is 1.07 bits per heavy atom. The topological polar surface area (TPSA) is 9.23 Å². The lowest BCUT2D eigenvalue weighted by Crippen LogP contribution is -2.25. The van der Waals surface area contributed by atoms with E-state index in [0.29, 0.717) is 6.61 Å². The van der Waals surface area contributed by atoms with Crippen LogP contribution in [0.3, 0.4) is 0 Å². The van der Waals surface area contributed by atoms with Gasteiger partial charge >= 0.3 is 0 Å². The number of hydrogen-bond acceptors (Lipinski definition) is 1. The fraction of sp³-hybridized carbons (Fsp3) is 0.636. The van der Waals surface area contributed by atoms with Crippen molar-refractivity contribution in [1.82, 2.24) is 0 Å². The Kier molecular flexibility index (Phi) is 5.42. The van der Waals surface area contributed by atoms with Crippen LogP contribution < -0.4 is 0 Å². The summed E-state index contributed by atoms with van der Waals surface area (Å²) in [4.78, 5) is 0. The van der Waals surface area contributed by atoms with Crippen molar-refractivity contribution in [3.05, 3.63) is 12.2 Å². The summed E-state index contributed by atoms with van der Waals surface area (Å²) < 4.78 is 5.66. The SMILES string of the molecule is C[Si](C)(C)C#C/C=C\CO[Si](C)(C)C. The Bertz CT molecular complexity index is 245. The summed E-state index contributed by atoms with van der Waals surface area (Å²) in [6, 6.07) is 0. The van der Waals surface area contributed by atoms with Gasteiger partial charge in [-0.1, -0.05) is 31.6 Å². The minimum atomic E-state index is -1.34. The quantitative estimate of drug-likeness (QED) is 0.530. The van der Waals surface area contributed by atoms with Crippen LogP contribution in [0.5, 0.6) is 0 Å². The van der Waals surface area contributed by atoms with Gasteiger partial charge in [-0.05, 0) is 25.7 Å². The first-order valence-corrected chi connectivity index (χ1v) is 11.9. The van der Waals surface area contributed by atoms with Gasteiger partial charge in [-0.25, -0.2) is 0 Å². The molecule has 0 fully saturated rings. The Morgan fingerprint density at radius 3 is 2.07 bits per heavy atom. The van der Waals surface area contributed by atoms with E-state index >= 15 is 0 Å². The van der Waals surface area contributed by atoms with Gasteiger partial charge in [0.25, 0.3) is 0 Å². The normalized spacial score (nSPS) is 12.7. The fourth-order valence-electron chi connectivity index (χ4n) is 0.663. The summed E-state index contributed by atoms with van der Waals surface area (Å²) in [5.41, 5.74) is 3.28. The van der Waals surface area contributed by atoms with Gasteiger partial charge in [0.1, 0.15) is 8.07 Å². The lowest BCUT2D eigenvalue weighted by molar-refractivity contribution is 0.357. The Labute approximate surface area is 90.7 Å². The van der Waals surface area contributed by atoms with Gasteiger partial charge < -0.3 is 4.43 Å². The third-order valence-electron chi connectivity index (χ3n) is 1.26. The molecular weight excluding hydrogens is 204 g/mol. The molecule has 0 aromatic rings. The molecule has 0 unspecified atom stereocenters. The van der Waals surface area contributed by atoms with Gasteiger partial charge in [0, 0.05) is 0 Å². The lowest BCUT2D eigenvalue weighted by Gasteiger charge is -2.14. The first-order valence-electron chi connectivity index (χ1n) is 5.02. The van der Waals surface area contributed by atoms with Crippen molar-refractivity contribution >= 4 is 16.4 Å². The van der Waals surface area contributed by atoms with Crippen LogP contribution in [0.15, 0.2) is 12.2 Å². The van der Waals surface area contributed by atoms with Crippen LogP contribution in [0.1, 0.15) is 0 Å². The van der Waals surface area contributed by atoms with E-state index in [9.17, 15) is 0 Å². The molecule has 0 aliphatic rings. The van der Waals surface area contributed by atoms with Crippen molar-refractivity contribution < 1.29 is 4.43 Å². The molecule has 0 aromatic carbocycles. The predicted molar refractivity (Wildman–Crippen MR) is 69.6 cm³/mol. The van der Waals surface area contributed by atoms with E-state index in [1.165, 1.54) is 0 Å². The molecule has 3 heteroatoms. The highest BCUT2D eigenvalue weighted by Crippen LogP contribution is 2.01. The van der Waals surface area contributed by atoms with Crippen LogP contribution in [-0.4, -0.2) is 23.0 Å². The first-order chi connectivity index (χ1) is 6.21. The Hall–Kier alpha value is -0.306. The van der Waals surface area contributed by atoms with Crippen LogP contribution in [0, 0.1) is 11.5 Å². The monoisotopic (exact) mass is 226 g/mol. The molecule has 0 aliphatic heterocycles. The second-order valence-electron chi connectivity index (χ2n) is 5.35. The fourth-order valence-corrected chi connectivity index (χ4v) is 1.78. The Morgan fingerprint density at radius 2 is 1.64 bits per heavy atom. The van der Waals surface area contributed by atoms with Gasteiger partial charge in [-0.3, -0.25) is 0 Å². The van der Waals surface area contributed by atoms with Crippen molar-refractivity contribution in [1.29, 1.82) is 0 Å². The summed E-state index contributed by atoms with van der Waals surface area (Å²) >= 11 is 0. The van der Waals surface area contributed by atoms with Gasteiger partial charge in [0.15, 0.2) is 8.32 Å². The molecule has 0 atom stereocenters. The Balaban J connectivity index is 3.80. The highest BCUT2D eigenvalue weighted by Gasteiger charge is 2.12. The van der Waals surface area contributed by atoms with Gasteiger partial charge in [-0.15, -0.1) is 5.54 Å². The third-order valence-corrected chi connectivity index (χ3v) is 3.19. The highest BCUT2D eigenvalue weighted by molar-refractivity contribution is 6.83. The molecule has 1 nitrogen and oxygen atoms in total. The molecule has 0 bridgehead atoms. The summed E-state index contributed by atoms with van der Waals surface area (Å²) in [6.45, 7) is 14.0. The number of hydrogen-bond donors (Lipinski definition) is 0. The second kappa shape index (κ2) is 5.54. The molecule has 0 rings (SSSR count). The van der Waals surface area contributed by atoms with Crippen molar-refractivity contribution in [2.24, 2.45) is 0 Å². The minimum Gasteiger partial charge on any atom is -0.414 e. The molecule has 0 amide bonds. The van der Waals surface area contributed by atoms with E-state index in [2.05, 4.69) is 50.7 Å². The molecule has 0 aromatic heterocycles. The van der Waals surface area contributed by atoms with Crippen LogP contribution >= 0.6 is 0 Å². The molecule has 0 radical (unpaired) electrons. The summed E-state index contributed by atoms with van der Waals surface area (Å²) in [5.74, 6) is 3.08. The largest absolute Gasteiger partial charge is 0.414 e. The first kappa shape index (κ1) is 13.7. The van der Waals surface area contributed by atoms with Crippen LogP contribution in [0.2, 0.25) is 39.3 Å². The van der Waals surface area contributed by atoms with Crippen molar-refractivity contribution in [3.63, 3.8) is 0 Å². The zero-order valence-corrected chi connectivity index (χ0v) is 12.3. The summed E-state index contributed by atoms with van der Waals surface area (Å²) in [6.07, 6.45) is 3.92. The van der Waals surface area contributed by atoms with Gasteiger partial charge in [0.2, 0.25) is 0 Å². The smallest absolute Gasteiger partial charge is 0.184 e. The van der Waals surface area contributed by atoms with E-state index in [4.69, 9.17) is 4.43 Å². The van der Waals surface area contributed by atoms with Crippen molar-refractivity contribution in [2.75, 3.05) is 6.61 Å². The summed E-state index contributed by atoms with van der Waals surface area (Å²) in [7, 11) is -2.54. The van der Waals surface area contributed by atoms with Crippen molar-refractivity contribution in [2.45, 2.75) is 39.3 Å². The zero-order valence-electron chi connectivity index (χ0n) is 10.3. The van der Waals surface area contributed by atoms with Crippen molar-refractivity contribution in [3.8, 4) is 11.5 Å². The molecular formula is C11H22OSi2. The maximum Gasteiger partial charge on any atom is 0.184 e. The van der Waals surface area contributed by atoms with E-state index in [1.54, 1.807) is 0 Å². The van der Waals surface area contributed by atoms with E-state index < -0.39 is 16.4 Å². The number of allylic oxidation sites excluding steroid dienone is 1. The molecule has 0 spiro atoms. The third kappa shape index (κ3) is 11.7. The molecule has 0 saturated heterocycles. The standard InChI is InChI=1S/C11H22OSi2/c1-13(2,3)11-9-7-8-10-12-14(4,5)6/h7-8H,10H2,1-6H3/b8-7-. The second-order valence-corrected chi connectivity index (χ2v) is 14.6. The van der Waals surface area contributed by atoms with E-state index in [-0.39, 0.29) is 0 Å². The van der Waals surface area contributed by atoms with Crippen LogP contribution in [-0.2, 0) is 4.43 Å². The summed E-state index contributed by atoms with van der Waals surface area (Å²) in [5, 5.41) is 0. The number of rotatable bonds is 3. The minimum absolute atomic E-state index is 0.704. The molecule has 14 heavy (non-hydrogen) atoms. The van der Waals surface area contributed by atoms with E-state index in [1.807, 2.05) is 12.2 Å². The molecule has 80 valence electrons. The lowest BCUT2D eigenvalue weighted by atomic mass is 10.5. The molecule has 0 heterocycles. The molecule has 0 saturated carbocycles.